The number of rotatable bonds is 9. The lowest BCUT2D eigenvalue weighted by Crippen LogP contribution is -2.39. The predicted octanol–water partition coefficient (Wildman–Crippen LogP) is 1.73. The summed E-state index contributed by atoms with van der Waals surface area (Å²) in [5.41, 5.74) is 0. The van der Waals surface area contributed by atoms with E-state index in [9.17, 15) is 0 Å². The maximum Gasteiger partial charge on any atom is 0.0593 e. The topological polar surface area (TPSA) is 24.5 Å². The molecule has 0 spiro atoms. The molecule has 0 rings (SSSR count). The molecule has 0 aromatic carbocycles. The van der Waals surface area contributed by atoms with Crippen LogP contribution in [-0.2, 0) is 4.74 Å². The molecule has 92 valence electrons. The van der Waals surface area contributed by atoms with Crippen LogP contribution in [0.5, 0.6) is 0 Å². The number of ether oxygens (including phenoxy) is 1. The molecule has 0 amide bonds. The molecule has 0 saturated heterocycles. The van der Waals surface area contributed by atoms with E-state index in [1.165, 1.54) is 0 Å². The summed E-state index contributed by atoms with van der Waals surface area (Å²) in [7, 11) is 1.97. The van der Waals surface area contributed by atoms with Gasteiger partial charge in [-0.05, 0) is 47.7 Å². The van der Waals surface area contributed by atoms with Crippen LogP contribution in [0.4, 0.5) is 0 Å². The first-order valence-corrected chi connectivity index (χ1v) is 6.07. The number of nitrogens with one attached hydrogen (secondary N) is 1. The predicted molar refractivity (Wildman–Crippen MR) is 66.3 cm³/mol. The lowest BCUT2D eigenvalue weighted by atomic mass is 10.2. The summed E-state index contributed by atoms with van der Waals surface area (Å²) < 4.78 is 5.58. The Morgan fingerprint density at radius 3 is 2.13 bits per heavy atom. The summed E-state index contributed by atoms with van der Waals surface area (Å²) in [5.74, 6) is 0. The average molecular weight is 216 g/mol. The first kappa shape index (κ1) is 14.9. The summed E-state index contributed by atoms with van der Waals surface area (Å²) in [4.78, 5) is 2.46. The van der Waals surface area contributed by atoms with Crippen molar-refractivity contribution < 1.29 is 4.74 Å². The van der Waals surface area contributed by atoms with Crippen LogP contribution in [0.2, 0.25) is 0 Å². The average Bonchev–Trinajstić information content (AvgIpc) is 2.15. The molecule has 0 fully saturated rings. The van der Waals surface area contributed by atoms with Crippen LogP contribution in [0.1, 0.15) is 34.1 Å². The second kappa shape index (κ2) is 9.13. The van der Waals surface area contributed by atoms with Crippen molar-refractivity contribution in [1.82, 2.24) is 10.2 Å². The second-order valence-corrected chi connectivity index (χ2v) is 4.49. The van der Waals surface area contributed by atoms with E-state index in [2.05, 4.69) is 37.9 Å². The van der Waals surface area contributed by atoms with Gasteiger partial charge in [0.15, 0.2) is 0 Å². The van der Waals surface area contributed by atoms with E-state index in [-0.39, 0.29) is 0 Å². The van der Waals surface area contributed by atoms with Crippen LogP contribution < -0.4 is 5.32 Å². The van der Waals surface area contributed by atoms with Gasteiger partial charge in [0.1, 0.15) is 0 Å². The fourth-order valence-electron chi connectivity index (χ4n) is 1.74. The maximum absolute atomic E-state index is 5.58. The zero-order chi connectivity index (χ0) is 11.7. The van der Waals surface area contributed by atoms with E-state index < -0.39 is 0 Å². The van der Waals surface area contributed by atoms with E-state index >= 15 is 0 Å². The molecule has 15 heavy (non-hydrogen) atoms. The molecule has 0 aliphatic rings. The van der Waals surface area contributed by atoms with E-state index in [1.54, 1.807) is 0 Å². The van der Waals surface area contributed by atoms with Gasteiger partial charge in [-0.25, -0.2) is 0 Å². The van der Waals surface area contributed by atoms with Crippen LogP contribution in [0.25, 0.3) is 0 Å². The number of hydrogen-bond acceptors (Lipinski definition) is 3. The number of hydrogen-bond donors (Lipinski definition) is 1. The fraction of sp³-hybridized carbons (Fsp3) is 1.00. The Balaban J connectivity index is 3.46. The molecule has 0 aromatic rings. The minimum atomic E-state index is 0.603. The maximum atomic E-state index is 5.58. The van der Waals surface area contributed by atoms with Gasteiger partial charge >= 0.3 is 0 Å². The van der Waals surface area contributed by atoms with Gasteiger partial charge in [0.05, 0.1) is 6.61 Å². The van der Waals surface area contributed by atoms with Gasteiger partial charge in [0, 0.05) is 25.2 Å². The second-order valence-electron chi connectivity index (χ2n) is 4.49. The summed E-state index contributed by atoms with van der Waals surface area (Å²) in [6.45, 7) is 12.7. The molecule has 0 aliphatic carbocycles. The summed E-state index contributed by atoms with van der Waals surface area (Å²) in [6.07, 6.45) is 1.10. The largest absolute Gasteiger partial charge is 0.380 e. The zero-order valence-corrected chi connectivity index (χ0v) is 11.0. The van der Waals surface area contributed by atoms with E-state index in [0.29, 0.717) is 12.1 Å². The molecule has 0 bridgehead atoms. The molecular weight excluding hydrogens is 188 g/mol. The molecule has 3 heteroatoms. The van der Waals surface area contributed by atoms with Crippen molar-refractivity contribution in [3.8, 4) is 0 Å². The fourth-order valence-corrected chi connectivity index (χ4v) is 1.74. The molecule has 0 unspecified atom stereocenters. The molecule has 0 atom stereocenters. The monoisotopic (exact) mass is 216 g/mol. The first-order chi connectivity index (χ1) is 7.09. The SMILES string of the molecule is CNCCCOCCN(C(C)C)C(C)C. The third-order valence-corrected chi connectivity index (χ3v) is 2.54. The highest BCUT2D eigenvalue weighted by Crippen LogP contribution is 2.03. The van der Waals surface area contributed by atoms with Gasteiger partial charge in [0.25, 0.3) is 0 Å². The van der Waals surface area contributed by atoms with Gasteiger partial charge in [-0.1, -0.05) is 0 Å². The highest BCUT2D eigenvalue weighted by Gasteiger charge is 2.12. The standard InChI is InChI=1S/C12H28N2O/c1-11(2)14(12(3)4)8-10-15-9-6-7-13-5/h11-13H,6-10H2,1-5H3. The Hall–Kier alpha value is -0.120. The molecule has 1 N–H and O–H groups in total. The minimum Gasteiger partial charge on any atom is -0.380 e. The molecule has 0 aliphatic heterocycles. The Labute approximate surface area is 95.2 Å². The summed E-state index contributed by atoms with van der Waals surface area (Å²) >= 11 is 0. The van der Waals surface area contributed by atoms with Gasteiger partial charge in [-0.15, -0.1) is 0 Å². The van der Waals surface area contributed by atoms with Crippen molar-refractivity contribution in [3.63, 3.8) is 0 Å². The van der Waals surface area contributed by atoms with Crippen LogP contribution >= 0.6 is 0 Å². The van der Waals surface area contributed by atoms with E-state index in [1.807, 2.05) is 7.05 Å². The van der Waals surface area contributed by atoms with E-state index in [0.717, 1.165) is 32.7 Å². The zero-order valence-electron chi connectivity index (χ0n) is 11.0. The van der Waals surface area contributed by atoms with Crippen molar-refractivity contribution in [3.05, 3.63) is 0 Å². The van der Waals surface area contributed by atoms with E-state index in [4.69, 9.17) is 4.74 Å². The Bertz CT molecular complexity index is 130. The van der Waals surface area contributed by atoms with Crippen LogP contribution in [-0.4, -0.2) is 50.3 Å². The van der Waals surface area contributed by atoms with Crippen LogP contribution in [0, 0.1) is 0 Å². The molecule has 0 aromatic heterocycles. The van der Waals surface area contributed by atoms with Gasteiger partial charge in [-0.2, -0.15) is 0 Å². The van der Waals surface area contributed by atoms with Crippen molar-refractivity contribution in [2.24, 2.45) is 0 Å². The van der Waals surface area contributed by atoms with Crippen molar-refractivity contribution in [1.29, 1.82) is 0 Å². The lowest BCUT2D eigenvalue weighted by molar-refractivity contribution is 0.0775. The van der Waals surface area contributed by atoms with Crippen molar-refractivity contribution in [2.75, 3.05) is 33.4 Å². The quantitative estimate of drug-likeness (QED) is 0.594. The lowest BCUT2D eigenvalue weighted by Gasteiger charge is -2.30. The number of nitrogens with zero attached hydrogens (tertiary/aromatic N) is 1. The normalized spacial score (nSPS) is 12.0. The van der Waals surface area contributed by atoms with Gasteiger partial charge in [-0.3, -0.25) is 4.90 Å². The highest BCUT2D eigenvalue weighted by molar-refractivity contribution is 4.66. The molecule has 0 radical (unpaired) electrons. The Morgan fingerprint density at radius 2 is 1.67 bits per heavy atom. The van der Waals surface area contributed by atoms with Crippen molar-refractivity contribution >= 4 is 0 Å². The van der Waals surface area contributed by atoms with Crippen LogP contribution in [0.15, 0.2) is 0 Å². The third-order valence-electron chi connectivity index (χ3n) is 2.54. The third kappa shape index (κ3) is 7.77. The molecule has 3 nitrogen and oxygen atoms in total. The summed E-state index contributed by atoms with van der Waals surface area (Å²) in [6, 6.07) is 1.21. The smallest absolute Gasteiger partial charge is 0.0593 e. The molecular formula is C12H28N2O. The molecule has 0 saturated carbocycles. The Morgan fingerprint density at radius 1 is 1.07 bits per heavy atom. The van der Waals surface area contributed by atoms with Crippen molar-refractivity contribution in [2.45, 2.75) is 46.2 Å². The van der Waals surface area contributed by atoms with Gasteiger partial charge < -0.3 is 10.1 Å². The van der Waals surface area contributed by atoms with Crippen LogP contribution in [0.3, 0.4) is 0 Å². The first-order valence-electron chi connectivity index (χ1n) is 6.07. The summed E-state index contributed by atoms with van der Waals surface area (Å²) in [5, 5.41) is 3.11. The highest BCUT2D eigenvalue weighted by atomic mass is 16.5. The Kier molecular flexibility index (Phi) is 9.06. The molecule has 0 heterocycles. The minimum absolute atomic E-state index is 0.603. The van der Waals surface area contributed by atoms with Gasteiger partial charge in [0.2, 0.25) is 0 Å².